The standard InChI is InChI=1S/C18H16NO.C5H8O2.Ir/c1-12-4-7-14(8-5-12)18-17(20-3)11-15-10-13(2)6-9-16(15)19-18;1-4(6)3-5(2)7;/h4-7,9-11H,1-3H3;3,6H,1-2H3;/q-1;;/b;4-3-;. The number of ketones is 1. The second-order valence-corrected chi connectivity index (χ2v) is 6.41. The molecule has 3 rings (SSSR count). The number of benzene rings is 2. The molecule has 1 heterocycles. The van der Waals surface area contributed by atoms with Crippen molar-refractivity contribution >= 4 is 16.7 Å². The minimum Gasteiger partial charge on any atom is -0.512 e. The molecule has 0 fully saturated rings. The maximum Gasteiger partial charge on any atom is 0.155 e. The molecule has 0 bridgehead atoms. The number of aromatic nitrogens is 1. The number of aliphatic hydroxyl groups is 1. The summed E-state index contributed by atoms with van der Waals surface area (Å²) in [4.78, 5) is 14.7. The first kappa shape index (κ1) is 23.5. The molecule has 0 aliphatic carbocycles. The van der Waals surface area contributed by atoms with Crippen LogP contribution in [0.2, 0.25) is 0 Å². The van der Waals surface area contributed by atoms with Crippen molar-refractivity contribution in [1.29, 1.82) is 0 Å². The Morgan fingerprint density at radius 2 is 1.79 bits per heavy atom. The van der Waals surface area contributed by atoms with Crippen LogP contribution in [0.5, 0.6) is 5.75 Å². The second kappa shape index (κ2) is 10.7. The third-order valence-corrected chi connectivity index (χ3v) is 3.79. The van der Waals surface area contributed by atoms with Crippen LogP contribution in [0, 0.1) is 19.9 Å². The van der Waals surface area contributed by atoms with E-state index < -0.39 is 0 Å². The molecule has 4 nitrogen and oxygen atoms in total. The van der Waals surface area contributed by atoms with Gasteiger partial charge in [-0.1, -0.05) is 18.6 Å². The molecule has 1 N–H and O–H groups in total. The summed E-state index contributed by atoms with van der Waals surface area (Å²) in [5.74, 6) is 0.718. The van der Waals surface area contributed by atoms with Crippen molar-refractivity contribution in [3.8, 4) is 17.0 Å². The summed E-state index contributed by atoms with van der Waals surface area (Å²) in [7, 11) is 1.68. The molecule has 1 aromatic heterocycles. The number of allylic oxidation sites excluding steroid dienone is 2. The van der Waals surface area contributed by atoms with Crippen LogP contribution in [0.3, 0.4) is 0 Å². The fourth-order valence-electron chi connectivity index (χ4n) is 2.57. The molecule has 0 aliphatic rings. The van der Waals surface area contributed by atoms with Crippen LogP contribution < -0.4 is 4.74 Å². The summed E-state index contributed by atoms with van der Waals surface area (Å²) in [6.45, 7) is 6.98. The van der Waals surface area contributed by atoms with Gasteiger partial charge < -0.3 is 9.84 Å². The Labute approximate surface area is 179 Å². The number of ether oxygens (including phenoxy) is 1. The van der Waals surface area contributed by atoms with E-state index in [0.29, 0.717) is 0 Å². The van der Waals surface area contributed by atoms with Crippen LogP contribution in [0.25, 0.3) is 22.2 Å². The van der Waals surface area contributed by atoms with Crippen LogP contribution in [0.4, 0.5) is 0 Å². The number of aliphatic hydroxyl groups excluding tert-OH is 1. The average molecular weight is 555 g/mol. The van der Waals surface area contributed by atoms with E-state index in [4.69, 9.17) is 14.8 Å². The van der Waals surface area contributed by atoms with Gasteiger partial charge in [0.05, 0.1) is 18.4 Å². The molecule has 0 amide bonds. The number of methoxy groups -OCH3 is 1. The van der Waals surface area contributed by atoms with Crippen molar-refractivity contribution in [2.45, 2.75) is 27.7 Å². The van der Waals surface area contributed by atoms with Crippen LogP contribution in [0.1, 0.15) is 25.0 Å². The van der Waals surface area contributed by atoms with E-state index in [2.05, 4.69) is 31.2 Å². The number of nitrogens with zero attached hydrogens (tertiary/aromatic N) is 1. The molecular weight excluding hydrogens is 530 g/mol. The van der Waals surface area contributed by atoms with Gasteiger partial charge >= 0.3 is 0 Å². The molecule has 1 radical (unpaired) electrons. The SMILES string of the molecule is CC(=O)/C=C(/C)O.COc1cc2cc(C)ccc2nc1-c1[c-]cc(C)cc1.[Ir]. The quantitative estimate of drug-likeness (QED) is 0.269. The summed E-state index contributed by atoms with van der Waals surface area (Å²) >= 11 is 0. The molecular formula is C23H24IrNO3-. The molecule has 0 aliphatic heterocycles. The van der Waals surface area contributed by atoms with Crippen molar-refractivity contribution in [2.24, 2.45) is 0 Å². The summed E-state index contributed by atoms with van der Waals surface area (Å²) in [6.07, 6.45) is 1.17. The predicted octanol–water partition coefficient (Wildman–Crippen LogP) is 5.36. The summed E-state index contributed by atoms with van der Waals surface area (Å²) in [5, 5.41) is 9.46. The molecule has 0 saturated heterocycles. The topological polar surface area (TPSA) is 59.4 Å². The van der Waals surface area contributed by atoms with Crippen LogP contribution in [0.15, 0.2) is 54.3 Å². The average Bonchev–Trinajstić information content (AvgIpc) is 2.60. The minimum atomic E-state index is -0.125. The Bertz CT molecular complexity index is 975. The Kier molecular flexibility index (Phi) is 9.04. The maximum atomic E-state index is 10.0. The van der Waals surface area contributed by atoms with Gasteiger partial charge in [0.15, 0.2) is 5.78 Å². The molecule has 149 valence electrons. The Balaban J connectivity index is 0.000000425. The Morgan fingerprint density at radius 1 is 1.11 bits per heavy atom. The van der Waals surface area contributed by atoms with Crippen LogP contribution in [-0.2, 0) is 24.9 Å². The zero-order valence-corrected chi connectivity index (χ0v) is 19.1. The molecule has 0 atom stereocenters. The molecule has 0 unspecified atom stereocenters. The summed E-state index contributed by atoms with van der Waals surface area (Å²) in [5.41, 5.74) is 5.17. The van der Waals surface area contributed by atoms with Gasteiger partial charge in [-0.25, -0.2) is 0 Å². The zero-order valence-electron chi connectivity index (χ0n) is 16.7. The minimum absolute atomic E-state index is 0. The number of hydrogen-bond donors (Lipinski definition) is 1. The fraction of sp³-hybridized carbons (Fsp3) is 0.217. The van der Waals surface area contributed by atoms with E-state index in [1.165, 1.54) is 31.1 Å². The molecule has 28 heavy (non-hydrogen) atoms. The first-order chi connectivity index (χ1) is 12.8. The van der Waals surface area contributed by atoms with Crippen LogP contribution in [-0.4, -0.2) is 23.0 Å². The maximum absolute atomic E-state index is 10.0. The second-order valence-electron chi connectivity index (χ2n) is 6.41. The van der Waals surface area contributed by atoms with Crippen molar-refractivity contribution in [3.05, 3.63) is 71.5 Å². The van der Waals surface area contributed by atoms with E-state index in [-0.39, 0.29) is 31.6 Å². The van der Waals surface area contributed by atoms with E-state index >= 15 is 0 Å². The number of hydrogen-bond acceptors (Lipinski definition) is 4. The third kappa shape index (κ3) is 6.59. The molecule has 0 spiro atoms. The number of pyridine rings is 1. The molecule has 3 aromatic rings. The largest absolute Gasteiger partial charge is 0.512 e. The van der Waals surface area contributed by atoms with E-state index in [9.17, 15) is 4.79 Å². The van der Waals surface area contributed by atoms with Gasteiger partial charge in [-0.2, -0.15) is 0 Å². The normalized spacial score (nSPS) is 10.5. The van der Waals surface area contributed by atoms with Gasteiger partial charge in [0.25, 0.3) is 0 Å². The number of carbonyl (C=O) groups is 1. The molecule has 5 heteroatoms. The van der Waals surface area contributed by atoms with Gasteiger partial charge in [-0.05, 0) is 39.0 Å². The van der Waals surface area contributed by atoms with Gasteiger partial charge in [0, 0.05) is 37.3 Å². The number of aryl methyl sites for hydroxylation is 2. The van der Waals surface area contributed by atoms with E-state index in [0.717, 1.165) is 27.9 Å². The first-order valence-corrected chi connectivity index (χ1v) is 8.62. The van der Waals surface area contributed by atoms with E-state index in [1.54, 1.807) is 7.11 Å². The number of carbonyl (C=O) groups excluding carboxylic acids is 1. The van der Waals surface area contributed by atoms with Gasteiger partial charge in [0.1, 0.15) is 5.75 Å². The van der Waals surface area contributed by atoms with Gasteiger partial charge in [-0.15, -0.1) is 35.4 Å². The van der Waals surface area contributed by atoms with Crippen LogP contribution >= 0.6 is 0 Å². The summed E-state index contributed by atoms with van der Waals surface area (Å²) in [6, 6.07) is 17.6. The molecule has 2 aromatic carbocycles. The third-order valence-electron chi connectivity index (χ3n) is 3.79. The smallest absolute Gasteiger partial charge is 0.155 e. The zero-order chi connectivity index (χ0) is 20.0. The van der Waals surface area contributed by atoms with Crippen molar-refractivity contribution in [3.63, 3.8) is 0 Å². The predicted molar refractivity (Wildman–Crippen MR) is 109 cm³/mol. The first-order valence-electron chi connectivity index (χ1n) is 8.62. The Hall–Kier alpha value is -2.49. The monoisotopic (exact) mass is 555 g/mol. The molecule has 0 saturated carbocycles. The number of fused-ring (bicyclic) bond motifs is 1. The van der Waals surface area contributed by atoms with Gasteiger partial charge in [0.2, 0.25) is 0 Å². The van der Waals surface area contributed by atoms with Crippen molar-refractivity contribution in [2.75, 3.05) is 7.11 Å². The Morgan fingerprint density at radius 3 is 2.29 bits per heavy atom. The fourth-order valence-corrected chi connectivity index (χ4v) is 2.57. The number of rotatable bonds is 3. The van der Waals surface area contributed by atoms with E-state index in [1.807, 2.05) is 31.2 Å². The van der Waals surface area contributed by atoms with Gasteiger partial charge in [-0.3, -0.25) is 9.78 Å². The summed E-state index contributed by atoms with van der Waals surface area (Å²) < 4.78 is 5.50. The van der Waals surface area contributed by atoms with Crippen molar-refractivity contribution < 1.29 is 34.7 Å². The van der Waals surface area contributed by atoms with Crippen molar-refractivity contribution in [1.82, 2.24) is 4.98 Å².